The van der Waals surface area contributed by atoms with Gasteiger partial charge in [0.2, 0.25) is 0 Å². The van der Waals surface area contributed by atoms with Crippen molar-refractivity contribution in [2.24, 2.45) is 7.05 Å². The Hall–Kier alpha value is -3.65. The fraction of sp³-hybridized carbons (Fsp3) is 0.261. The first-order valence-electron chi connectivity index (χ1n) is 10.0. The SMILES string of the molecule is COc1ccccc1-c1nc2c(c(=O)n(CCCO)c(=O)n2C)n1Cc1ccccc1. The Morgan fingerprint density at radius 2 is 1.71 bits per heavy atom. The van der Waals surface area contributed by atoms with Gasteiger partial charge >= 0.3 is 5.69 Å². The molecule has 31 heavy (non-hydrogen) atoms. The number of hydrogen-bond acceptors (Lipinski definition) is 5. The van der Waals surface area contributed by atoms with Crippen LogP contribution in [0, 0.1) is 0 Å². The molecule has 0 saturated heterocycles. The van der Waals surface area contributed by atoms with Crippen molar-refractivity contribution >= 4 is 11.2 Å². The topological polar surface area (TPSA) is 91.3 Å². The van der Waals surface area contributed by atoms with E-state index in [2.05, 4.69) is 0 Å². The Kier molecular flexibility index (Phi) is 5.73. The molecule has 0 saturated carbocycles. The normalized spacial score (nSPS) is 11.2. The van der Waals surface area contributed by atoms with Gasteiger partial charge in [0.1, 0.15) is 11.6 Å². The van der Waals surface area contributed by atoms with E-state index in [-0.39, 0.29) is 13.2 Å². The summed E-state index contributed by atoms with van der Waals surface area (Å²) >= 11 is 0. The molecule has 0 spiro atoms. The molecule has 160 valence electrons. The number of aliphatic hydroxyl groups excluding tert-OH is 1. The van der Waals surface area contributed by atoms with Crippen molar-refractivity contribution in [3.63, 3.8) is 0 Å². The van der Waals surface area contributed by atoms with Gasteiger partial charge in [-0.3, -0.25) is 13.9 Å². The molecule has 2 heterocycles. The van der Waals surface area contributed by atoms with Crippen LogP contribution in [-0.4, -0.2) is 37.5 Å². The molecular formula is C23H24N4O4. The molecule has 0 radical (unpaired) electrons. The van der Waals surface area contributed by atoms with Crippen molar-refractivity contribution in [1.82, 2.24) is 18.7 Å². The predicted molar refractivity (Wildman–Crippen MR) is 118 cm³/mol. The molecule has 0 unspecified atom stereocenters. The van der Waals surface area contributed by atoms with Gasteiger partial charge in [0.15, 0.2) is 11.2 Å². The maximum absolute atomic E-state index is 13.4. The summed E-state index contributed by atoms with van der Waals surface area (Å²) in [6.45, 7) is 0.431. The molecule has 0 amide bonds. The molecule has 8 heteroatoms. The minimum absolute atomic E-state index is 0.108. The zero-order chi connectivity index (χ0) is 22.0. The monoisotopic (exact) mass is 420 g/mol. The van der Waals surface area contributed by atoms with Crippen LogP contribution in [0.2, 0.25) is 0 Å². The average Bonchev–Trinajstić information content (AvgIpc) is 3.17. The Bertz CT molecular complexity index is 1340. The molecule has 0 fully saturated rings. The van der Waals surface area contributed by atoms with Gasteiger partial charge in [-0.2, -0.15) is 0 Å². The molecule has 4 aromatic rings. The van der Waals surface area contributed by atoms with E-state index in [4.69, 9.17) is 9.72 Å². The summed E-state index contributed by atoms with van der Waals surface area (Å²) in [7, 11) is 3.19. The molecule has 0 aliphatic carbocycles. The van der Waals surface area contributed by atoms with Crippen molar-refractivity contribution in [2.45, 2.75) is 19.5 Å². The molecule has 2 aromatic carbocycles. The van der Waals surface area contributed by atoms with Gasteiger partial charge in [0.05, 0.1) is 12.7 Å². The second kappa shape index (κ2) is 8.61. The predicted octanol–water partition coefficient (Wildman–Crippen LogP) is 2.00. The highest BCUT2D eigenvalue weighted by molar-refractivity contribution is 5.79. The first-order chi connectivity index (χ1) is 15.1. The molecule has 0 bridgehead atoms. The van der Waals surface area contributed by atoms with Crippen LogP contribution >= 0.6 is 0 Å². The van der Waals surface area contributed by atoms with Crippen LogP contribution in [0.4, 0.5) is 0 Å². The van der Waals surface area contributed by atoms with E-state index in [9.17, 15) is 14.7 Å². The fourth-order valence-electron chi connectivity index (χ4n) is 3.75. The number of ether oxygens (including phenoxy) is 1. The number of imidazole rings is 1. The zero-order valence-corrected chi connectivity index (χ0v) is 17.5. The Labute approximate surface area is 178 Å². The summed E-state index contributed by atoms with van der Waals surface area (Å²) in [5.74, 6) is 1.17. The van der Waals surface area contributed by atoms with Crippen LogP contribution in [0.25, 0.3) is 22.6 Å². The first kappa shape index (κ1) is 20.6. The summed E-state index contributed by atoms with van der Waals surface area (Å²) in [5, 5.41) is 9.20. The summed E-state index contributed by atoms with van der Waals surface area (Å²) in [6, 6.07) is 17.2. The van der Waals surface area contributed by atoms with Crippen LogP contribution in [0.15, 0.2) is 64.2 Å². The number of aromatic nitrogens is 4. The number of aryl methyl sites for hydroxylation is 1. The molecule has 1 N–H and O–H groups in total. The molecule has 0 aliphatic rings. The van der Waals surface area contributed by atoms with E-state index >= 15 is 0 Å². The van der Waals surface area contributed by atoms with E-state index in [1.807, 2.05) is 59.2 Å². The minimum Gasteiger partial charge on any atom is -0.496 e. The number of aliphatic hydroxyl groups is 1. The van der Waals surface area contributed by atoms with E-state index in [0.29, 0.717) is 35.7 Å². The van der Waals surface area contributed by atoms with Crippen LogP contribution in [0.1, 0.15) is 12.0 Å². The van der Waals surface area contributed by atoms with Gasteiger partial charge in [-0.15, -0.1) is 0 Å². The number of fused-ring (bicyclic) bond motifs is 1. The number of nitrogens with zero attached hydrogens (tertiary/aromatic N) is 4. The Balaban J connectivity index is 2.06. The Morgan fingerprint density at radius 1 is 1.00 bits per heavy atom. The lowest BCUT2D eigenvalue weighted by atomic mass is 10.1. The van der Waals surface area contributed by atoms with Crippen molar-refractivity contribution in [3.05, 3.63) is 81.0 Å². The van der Waals surface area contributed by atoms with Crippen molar-refractivity contribution < 1.29 is 9.84 Å². The standard InChI is InChI=1S/C23H24N4O4/c1-25-21-19(22(29)26(23(25)30)13-8-14-28)27(15-16-9-4-3-5-10-16)20(24-21)17-11-6-7-12-18(17)31-2/h3-7,9-12,28H,8,13-15H2,1-2H3. The largest absolute Gasteiger partial charge is 0.496 e. The number of hydrogen-bond donors (Lipinski definition) is 1. The van der Waals surface area contributed by atoms with Gasteiger partial charge in [-0.1, -0.05) is 42.5 Å². The van der Waals surface area contributed by atoms with Gasteiger partial charge in [-0.25, -0.2) is 9.78 Å². The number of para-hydroxylation sites is 1. The summed E-state index contributed by atoms with van der Waals surface area (Å²) < 4.78 is 9.91. The average molecular weight is 420 g/mol. The highest BCUT2D eigenvalue weighted by atomic mass is 16.5. The van der Waals surface area contributed by atoms with Crippen LogP contribution in [-0.2, 0) is 20.1 Å². The molecule has 2 aromatic heterocycles. The maximum Gasteiger partial charge on any atom is 0.332 e. The minimum atomic E-state index is -0.457. The molecule has 0 aliphatic heterocycles. The highest BCUT2D eigenvalue weighted by Crippen LogP contribution is 2.31. The smallest absolute Gasteiger partial charge is 0.332 e. The third kappa shape index (κ3) is 3.66. The summed E-state index contributed by atoms with van der Waals surface area (Å²) in [4.78, 5) is 30.9. The van der Waals surface area contributed by atoms with E-state index in [1.165, 1.54) is 4.57 Å². The van der Waals surface area contributed by atoms with Crippen molar-refractivity contribution in [3.8, 4) is 17.1 Å². The van der Waals surface area contributed by atoms with E-state index in [1.54, 1.807) is 14.2 Å². The number of methoxy groups -OCH3 is 1. The van der Waals surface area contributed by atoms with Crippen molar-refractivity contribution in [2.75, 3.05) is 13.7 Å². The van der Waals surface area contributed by atoms with Gasteiger partial charge < -0.3 is 14.4 Å². The zero-order valence-electron chi connectivity index (χ0n) is 17.5. The van der Waals surface area contributed by atoms with Gasteiger partial charge in [-0.05, 0) is 24.1 Å². The van der Waals surface area contributed by atoms with E-state index < -0.39 is 11.2 Å². The quantitative estimate of drug-likeness (QED) is 0.494. The summed E-state index contributed by atoms with van der Waals surface area (Å²) in [6.07, 6.45) is 0.312. The van der Waals surface area contributed by atoms with Crippen LogP contribution in [0.5, 0.6) is 5.75 Å². The first-order valence-corrected chi connectivity index (χ1v) is 10.0. The lowest BCUT2D eigenvalue weighted by Gasteiger charge is -2.12. The van der Waals surface area contributed by atoms with Gasteiger partial charge in [0, 0.05) is 26.7 Å². The highest BCUT2D eigenvalue weighted by Gasteiger charge is 2.22. The van der Waals surface area contributed by atoms with Crippen molar-refractivity contribution in [1.29, 1.82) is 0 Å². The lowest BCUT2D eigenvalue weighted by Crippen LogP contribution is -2.39. The third-order valence-electron chi connectivity index (χ3n) is 5.30. The Morgan fingerprint density at radius 3 is 2.42 bits per heavy atom. The molecule has 8 nitrogen and oxygen atoms in total. The molecule has 4 rings (SSSR count). The molecule has 0 atom stereocenters. The second-order valence-electron chi connectivity index (χ2n) is 7.26. The molecular weight excluding hydrogens is 396 g/mol. The fourth-order valence-corrected chi connectivity index (χ4v) is 3.75. The maximum atomic E-state index is 13.4. The summed E-state index contributed by atoms with van der Waals surface area (Å²) in [5.41, 5.74) is 1.49. The number of rotatable bonds is 7. The second-order valence-corrected chi connectivity index (χ2v) is 7.26. The third-order valence-corrected chi connectivity index (χ3v) is 5.30. The van der Waals surface area contributed by atoms with Crippen LogP contribution in [0.3, 0.4) is 0 Å². The van der Waals surface area contributed by atoms with E-state index in [0.717, 1.165) is 15.7 Å². The number of benzene rings is 2. The van der Waals surface area contributed by atoms with Crippen LogP contribution < -0.4 is 16.0 Å². The lowest BCUT2D eigenvalue weighted by molar-refractivity contribution is 0.277. The van der Waals surface area contributed by atoms with Gasteiger partial charge in [0.25, 0.3) is 5.56 Å².